The lowest BCUT2D eigenvalue weighted by molar-refractivity contribution is -0.156. The number of hydrogen-bond donors (Lipinski definition) is 3. The number of carbonyl (C=O) groups excluding carboxylic acids is 3. The smallest absolute Gasteiger partial charge is 0.326 e. The second-order valence-electron chi connectivity index (χ2n) is 6.84. The second kappa shape index (κ2) is 9.07. The van der Waals surface area contributed by atoms with Crippen molar-refractivity contribution in [1.82, 2.24) is 5.32 Å². The first-order valence-corrected chi connectivity index (χ1v) is 10.3. The number of fused-ring (bicyclic) bond motifs is 2. The van der Waals surface area contributed by atoms with E-state index in [0.29, 0.717) is 5.69 Å². The Morgan fingerprint density at radius 1 is 1.20 bits per heavy atom. The minimum absolute atomic E-state index is 0.0726. The number of ether oxygens (including phenoxy) is 3. The Morgan fingerprint density at radius 3 is 2.57 bits per heavy atom. The predicted octanol–water partition coefficient (Wildman–Crippen LogP) is 0.942. The van der Waals surface area contributed by atoms with E-state index in [-0.39, 0.29) is 18.9 Å². The molecule has 1 aromatic carbocycles. The zero-order valence-corrected chi connectivity index (χ0v) is 17.4. The number of carbonyl (C=O) groups is 3. The van der Waals surface area contributed by atoms with Crippen molar-refractivity contribution < 1.29 is 33.7 Å². The molecule has 0 saturated carbocycles. The average Bonchev–Trinajstić information content (AvgIpc) is 3.31. The highest BCUT2D eigenvalue weighted by Gasteiger charge is 2.72. The van der Waals surface area contributed by atoms with Crippen LogP contribution in [0, 0.1) is 5.92 Å². The molecule has 1 aromatic rings. The van der Waals surface area contributed by atoms with E-state index in [1.54, 1.807) is 36.4 Å². The van der Waals surface area contributed by atoms with Crippen molar-refractivity contribution in [2.45, 2.75) is 16.5 Å². The molecule has 0 aliphatic carbocycles. The summed E-state index contributed by atoms with van der Waals surface area (Å²) in [6, 6.07) is 8.39. The number of nitrogens with one attached hydrogen (secondary N) is 2. The van der Waals surface area contributed by atoms with Gasteiger partial charge in [0.2, 0.25) is 0 Å². The van der Waals surface area contributed by atoms with Crippen LogP contribution in [0.2, 0.25) is 0 Å². The molecule has 3 rings (SSSR count). The fourth-order valence-electron chi connectivity index (χ4n) is 3.93. The molecule has 2 aliphatic rings. The van der Waals surface area contributed by atoms with Gasteiger partial charge in [0.1, 0.15) is 17.6 Å². The molecular weight excluding hydrogens is 412 g/mol. The molecule has 30 heavy (non-hydrogen) atoms. The van der Waals surface area contributed by atoms with E-state index in [1.807, 2.05) is 6.07 Å². The molecule has 0 unspecified atom stereocenters. The van der Waals surface area contributed by atoms with Crippen LogP contribution in [0.15, 0.2) is 42.5 Å². The van der Waals surface area contributed by atoms with Gasteiger partial charge in [0.25, 0.3) is 0 Å². The first-order valence-electron chi connectivity index (χ1n) is 9.31. The van der Waals surface area contributed by atoms with Crippen LogP contribution in [0.3, 0.4) is 0 Å². The molecule has 1 fully saturated rings. The molecule has 2 bridgehead atoms. The van der Waals surface area contributed by atoms with E-state index >= 15 is 0 Å². The Bertz CT molecular complexity index is 834. The highest BCUT2D eigenvalue weighted by molar-refractivity contribution is 8.01. The van der Waals surface area contributed by atoms with Gasteiger partial charge in [0.15, 0.2) is 4.75 Å². The number of aliphatic hydroxyl groups is 1. The standard InChI is InChI=1S/C20H24N2O7S/c1-27-16(24)15-19(12-21-18(26)22-13-6-4-3-5-7-13)9-8-14(29-19)20(15,17(25)28-2)30-11-10-23/h3-9,14-15,23H,10-12H2,1-2H3,(H2,21,22,26)/t14-,15-,19-,20-/m1/s1. The topological polar surface area (TPSA) is 123 Å². The van der Waals surface area contributed by atoms with Crippen molar-refractivity contribution in [1.29, 1.82) is 0 Å². The third kappa shape index (κ3) is 3.78. The third-order valence-electron chi connectivity index (χ3n) is 5.17. The van der Waals surface area contributed by atoms with Crippen LogP contribution in [-0.2, 0) is 23.8 Å². The van der Waals surface area contributed by atoms with E-state index in [1.165, 1.54) is 14.2 Å². The van der Waals surface area contributed by atoms with Crippen LogP contribution < -0.4 is 10.6 Å². The molecule has 0 aromatic heterocycles. The number of anilines is 1. The van der Waals surface area contributed by atoms with E-state index in [4.69, 9.17) is 14.2 Å². The molecule has 2 amide bonds. The average molecular weight is 436 g/mol. The van der Waals surface area contributed by atoms with E-state index in [0.717, 1.165) is 11.8 Å². The normalized spacial score (nSPS) is 28.8. The lowest BCUT2D eigenvalue weighted by Gasteiger charge is -2.38. The number of amides is 2. The Balaban J connectivity index is 1.85. The number of thioether (sulfide) groups is 1. The summed E-state index contributed by atoms with van der Waals surface area (Å²) in [4.78, 5) is 38.0. The van der Waals surface area contributed by atoms with Gasteiger partial charge < -0.3 is 30.0 Å². The van der Waals surface area contributed by atoms with Gasteiger partial charge in [0, 0.05) is 11.4 Å². The maximum Gasteiger partial charge on any atom is 0.326 e. The van der Waals surface area contributed by atoms with Crippen molar-refractivity contribution in [3.63, 3.8) is 0 Å². The highest BCUT2D eigenvalue weighted by atomic mass is 32.2. The number of urea groups is 1. The zero-order valence-electron chi connectivity index (χ0n) is 16.6. The van der Waals surface area contributed by atoms with Gasteiger partial charge >= 0.3 is 18.0 Å². The number of aliphatic hydroxyl groups excluding tert-OH is 1. The summed E-state index contributed by atoms with van der Waals surface area (Å²) in [5.41, 5.74) is -0.686. The lowest BCUT2D eigenvalue weighted by Crippen LogP contribution is -2.59. The molecule has 0 spiro atoms. The predicted molar refractivity (Wildman–Crippen MR) is 110 cm³/mol. The van der Waals surface area contributed by atoms with Crippen LogP contribution in [-0.4, -0.2) is 72.7 Å². The maximum absolute atomic E-state index is 12.8. The number of hydrogen-bond acceptors (Lipinski definition) is 8. The van der Waals surface area contributed by atoms with Gasteiger partial charge in [-0.2, -0.15) is 0 Å². The summed E-state index contributed by atoms with van der Waals surface area (Å²) >= 11 is 1.08. The summed E-state index contributed by atoms with van der Waals surface area (Å²) in [6.45, 7) is -0.269. The first-order chi connectivity index (χ1) is 14.4. The minimum Gasteiger partial charge on any atom is -0.469 e. The number of esters is 2. The molecule has 9 nitrogen and oxygen atoms in total. The van der Waals surface area contributed by atoms with Gasteiger partial charge in [-0.3, -0.25) is 9.59 Å². The van der Waals surface area contributed by atoms with Crippen LogP contribution >= 0.6 is 11.8 Å². The Labute approximate surface area is 178 Å². The Kier molecular flexibility index (Phi) is 6.69. The summed E-state index contributed by atoms with van der Waals surface area (Å²) in [5, 5.41) is 14.7. The van der Waals surface area contributed by atoms with Gasteiger partial charge in [-0.25, -0.2) is 4.79 Å². The molecule has 1 saturated heterocycles. The molecule has 3 N–H and O–H groups in total. The zero-order chi connectivity index (χ0) is 21.8. The Morgan fingerprint density at radius 2 is 1.93 bits per heavy atom. The minimum atomic E-state index is -1.43. The van der Waals surface area contributed by atoms with Crippen LogP contribution in [0.25, 0.3) is 0 Å². The summed E-state index contributed by atoms with van der Waals surface area (Å²) < 4.78 is 14.6. The Hall–Kier alpha value is -2.56. The lowest BCUT2D eigenvalue weighted by atomic mass is 9.74. The molecule has 10 heteroatoms. The summed E-state index contributed by atoms with van der Waals surface area (Å²) in [6.07, 6.45) is 2.57. The molecule has 4 atom stereocenters. The second-order valence-corrected chi connectivity index (χ2v) is 8.21. The highest BCUT2D eigenvalue weighted by Crippen LogP contribution is 2.56. The quantitative estimate of drug-likeness (QED) is 0.406. The van der Waals surface area contributed by atoms with Crippen molar-refractivity contribution in [3.05, 3.63) is 42.5 Å². The molecular formula is C20H24N2O7S. The van der Waals surface area contributed by atoms with Crippen LogP contribution in [0.4, 0.5) is 10.5 Å². The summed E-state index contributed by atoms with van der Waals surface area (Å²) in [7, 11) is 2.45. The van der Waals surface area contributed by atoms with Gasteiger partial charge in [-0.1, -0.05) is 30.4 Å². The number of methoxy groups -OCH3 is 2. The maximum atomic E-state index is 12.8. The van der Waals surface area contributed by atoms with E-state index in [2.05, 4.69) is 10.6 Å². The molecule has 2 aliphatic heterocycles. The van der Waals surface area contributed by atoms with Crippen molar-refractivity contribution in [2.24, 2.45) is 5.92 Å². The monoisotopic (exact) mass is 436 g/mol. The van der Waals surface area contributed by atoms with Crippen molar-refractivity contribution in [3.8, 4) is 0 Å². The van der Waals surface area contributed by atoms with Crippen LogP contribution in [0.5, 0.6) is 0 Å². The number of rotatable bonds is 8. The van der Waals surface area contributed by atoms with E-state index < -0.39 is 40.3 Å². The first kappa shape index (κ1) is 22.1. The fourth-order valence-corrected chi connectivity index (χ4v) is 5.31. The van der Waals surface area contributed by atoms with E-state index in [9.17, 15) is 19.5 Å². The molecule has 0 radical (unpaired) electrons. The van der Waals surface area contributed by atoms with Gasteiger partial charge in [-0.15, -0.1) is 11.8 Å². The summed E-state index contributed by atoms with van der Waals surface area (Å²) in [5.74, 6) is -2.20. The molecule has 162 valence electrons. The van der Waals surface area contributed by atoms with Gasteiger partial charge in [-0.05, 0) is 12.1 Å². The van der Waals surface area contributed by atoms with Crippen molar-refractivity contribution >= 4 is 35.4 Å². The van der Waals surface area contributed by atoms with Gasteiger partial charge in [0.05, 0.1) is 27.4 Å². The third-order valence-corrected chi connectivity index (χ3v) is 6.67. The fraction of sp³-hybridized carbons (Fsp3) is 0.450. The largest absolute Gasteiger partial charge is 0.469 e. The SMILES string of the molecule is COC(=O)[C@H]1[C@@](SCCO)(C(=O)OC)[C@H]2C=C[C@]1(CNC(=O)Nc1ccccc1)O2. The number of benzene rings is 1. The number of para-hydroxylation sites is 1. The van der Waals surface area contributed by atoms with Crippen LogP contribution in [0.1, 0.15) is 0 Å². The van der Waals surface area contributed by atoms with Crippen molar-refractivity contribution in [2.75, 3.05) is 38.4 Å². The molecule has 2 heterocycles.